The van der Waals surface area contributed by atoms with E-state index in [0.717, 1.165) is 16.5 Å². The summed E-state index contributed by atoms with van der Waals surface area (Å²) in [6, 6.07) is 4.78. The van der Waals surface area contributed by atoms with Crippen LogP contribution in [0.4, 0.5) is 4.39 Å². The largest absolute Gasteiger partial charge is 0.696 e. The lowest BCUT2D eigenvalue weighted by Gasteiger charge is -2.31. The molecule has 1 N–H and O–H groups in total. The van der Waals surface area contributed by atoms with E-state index in [4.69, 9.17) is 9.26 Å². The van der Waals surface area contributed by atoms with Gasteiger partial charge in [0.1, 0.15) is 12.4 Å². The second-order valence-corrected chi connectivity index (χ2v) is 8.95. The molecule has 2 atom stereocenters. The number of nitrogens with zero attached hydrogens (tertiary/aromatic N) is 2. The summed E-state index contributed by atoms with van der Waals surface area (Å²) in [5, 5.41) is 0.836. The number of esters is 1. The summed E-state index contributed by atoms with van der Waals surface area (Å²) in [6.45, 7) is 5.33. The van der Waals surface area contributed by atoms with Gasteiger partial charge in [0.05, 0.1) is 29.0 Å². The number of carbonyl (C=O) groups is 1. The van der Waals surface area contributed by atoms with Crippen molar-refractivity contribution in [1.29, 1.82) is 0 Å². The standard InChI is InChI=1S/C23H20FN2O6P/c1-4-12-13-6-11(3)17(24)8-18(13)25-20-14(12)9-26-19(20)7-16-15(21(26)27)10-31-22(28)23(16,5-2)32-33(29)30/h6-8H,4-5,9-10H2,1-3H3/p+1/t23-/m0/s1. The van der Waals surface area contributed by atoms with Gasteiger partial charge in [-0.3, -0.25) is 4.79 Å². The fraction of sp³-hybridized carbons (Fsp3) is 0.348. The maximum atomic E-state index is 14.3. The average molecular weight is 471 g/mol. The lowest BCUT2D eigenvalue weighted by atomic mass is 9.86. The van der Waals surface area contributed by atoms with E-state index >= 15 is 0 Å². The van der Waals surface area contributed by atoms with Gasteiger partial charge in [-0.25, -0.2) is 14.2 Å². The predicted octanol–water partition coefficient (Wildman–Crippen LogP) is 3.76. The molecule has 0 aliphatic carbocycles. The van der Waals surface area contributed by atoms with Crippen molar-refractivity contribution in [3.8, 4) is 11.4 Å². The highest BCUT2D eigenvalue weighted by Crippen LogP contribution is 2.45. The average Bonchev–Trinajstić information content (AvgIpc) is 3.13. The maximum Gasteiger partial charge on any atom is 0.696 e. The third-order valence-electron chi connectivity index (χ3n) is 6.64. The first-order valence-electron chi connectivity index (χ1n) is 10.6. The van der Waals surface area contributed by atoms with E-state index in [9.17, 15) is 23.4 Å². The summed E-state index contributed by atoms with van der Waals surface area (Å²) in [6.07, 6.45) is 0.648. The molecule has 0 bridgehead atoms. The number of fused-ring (bicyclic) bond motifs is 5. The van der Waals surface area contributed by atoms with Crippen LogP contribution in [0.25, 0.3) is 22.3 Å². The van der Waals surface area contributed by atoms with Gasteiger partial charge in [0.2, 0.25) is 5.60 Å². The summed E-state index contributed by atoms with van der Waals surface area (Å²) in [4.78, 5) is 40.3. The number of cyclic esters (lactones) is 1. The van der Waals surface area contributed by atoms with Crippen LogP contribution in [-0.4, -0.2) is 20.4 Å². The van der Waals surface area contributed by atoms with Gasteiger partial charge in [-0.2, -0.15) is 0 Å². The molecule has 1 aromatic carbocycles. The van der Waals surface area contributed by atoms with Crippen molar-refractivity contribution in [2.24, 2.45) is 0 Å². The Bertz CT molecular complexity index is 1450. The van der Waals surface area contributed by atoms with Crippen molar-refractivity contribution in [3.05, 3.63) is 62.2 Å². The summed E-state index contributed by atoms with van der Waals surface area (Å²) >= 11 is 0. The number of hydrogen-bond donors (Lipinski definition) is 1. The molecule has 170 valence electrons. The summed E-state index contributed by atoms with van der Waals surface area (Å²) in [7, 11) is -3.15. The number of ether oxygens (including phenoxy) is 1. The first kappa shape index (κ1) is 21.8. The van der Waals surface area contributed by atoms with Gasteiger partial charge in [-0.05, 0) is 43.0 Å². The zero-order chi connectivity index (χ0) is 23.7. The molecule has 2 aliphatic rings. The molecule has 0 saturated heterocycles. The maximum absolute atomic E-state index is 14.3. The van der Waals surface area contributed by atoms with Gasteiger partial charge in [0.25, 0.3) is 5.56 Å². The Morgan fingerprint density at radius 2 is 2.03 bits per heavy atom. The molecule has 8 nitrogen and oxygen atoms in total. The van der Waals surface area contributed by atoms with E-state index in [2.05, 4.69) is 4.98 Å². The number of carbonyl (C=O) groups excluding carboxylic acids is 1. The van der Waals surface area contributed by atoms with Crippen LogP contribution in [0.15, 0.2) is 23.0 Å². The zero-order valence-corrected chi connectivity index (χ0v) is 19.2. The number of benzene rings is 1. The Kier molecular flexibility index (Phi) is 4.97. The molecular formula is C23H21FN2O6P+. The zero-order valence-electron chi connectivity index (χ0n) is 18.3. The summed E-state index contributed by atoms with van der Waals surface area (Å²) in [5.41, 5.74) is 1.96. The third kappa shape index (κ3) is 3.00. The van der Waals surface area contributed by atoms with Crippen molar-refractivity contribution in [1.82, 2.24) is 9.55 Å². The molecule has 10 heteroatoms. The van der Waals surface area contributed by atoms with Crippen molar-refractivity contribution in [3.63, 3.8) is 0 Å². The molecule has 0 amide bonds. The lowest BCUT2D eigenvalue weighted by Crippen LogP contribution is -2.45. The van der Waals surface area contributed by atoms with Crippen LogP contribution in [0.1, 0.15) is 48.1 Å². The Morgan fingerprint density at radius 1 is 1.27 bits per heavy atom. The van der Waals surface area contributed by atoms with Crippen LogP contribution in [0, 0.1) is 12.7 Å². The van der Waals surface area contributed by atoms with Gasteiger partial charge in [0.15, 0.2) is 0 Å². The Morgan fingerprint density at radius 3 is 2.70 bits per heavy atom. The van der Waals surface area contributed by atoms with Crippen molar-refractivity contribution in [2.75, 3.05) is 0 Å². The van der Waals surface area contributed by atoms with E-state index in [-0.39, 0.29) is 42.1 Å². The number of pyridine rings is 2. The number of aromatic nitrogens is 2. The van der Waals surface area contributed by atoms with Crippen molar-refractivity contribution in [2.45, 2.75) is 52.4 Å². The van der Waals surface area contributed by atoms with Crippen molar-refractivity contribution >= 4 is 25.1 Å². The highest BCUT2D eigenvalue weighted by Gasteiger charge is 2.54. The van der Waals surface area contributed by atoms with E-state index in [1.54, 1.807) is 30.5 Å². The number of halogens is 1. The number of aryl methyl sites for hydroxylation is 2. The van der Waals surface area contributed by atoms with Gasteiger partial charge in [0, 0.05) is 27.1 Å². The molecule has 33 heavy (non-hydrogen) atoms. The third-order valence-corrected chi connectivity index (χ3v) is 7.11. The number of hydrogen-bond acceptors (Lipinski definition) is 6. The molecule has 0 fully saturated rings. The molecule has 3 aromatic rings. The lowest BCUT2D eigenvalue weighted by molar-refractivity contribution is -0.169. The second kappa shape index (κ2) is 7.52. The monoisotopic (exact) mass is 471 g/mol. The van der Waals surface area contributed by atoms with E-state index < -0.39 is 19.8 Å². The van der Waals surface area contributed by atoms with Crippen LogP contribution in [-0.2, 0) is 43.8 Å². The van der Waals surface area contributed by atoms with Gasteiger partial charge >= 0.3 is 14.2 Å². The minimum absolute atomic E-state index is 0.00787. The molecule has 0 spiro atoms. The molecule has 0 saturated carbocycles. The number of rotatable bonds is 4. The van der Waals surface area contributed by atoms with Crippen LogP contribution in [0.2, 0.25) is 0 Å². The SMILES string of the molecule is CCc1c2c(nc3cc(F)c(C)cc13)-c1cc3c(c(=O)n1C2)COC(=O)[C@@]3(CC)O[P+](=O)O. The van der Waals surface area contributed by atoms with E-state index in [1.807, 2.05) is 6.92 Å². The molecule has 0 radical (unpaired) electrons. The Labute approximate surface area is 188 Å². The van der Waals surface area contributed by atoms with Gasteiger partial charge in [-0.15, -0.1) is 4.89 Å². The van der Waals surface area contributed by atoms with Gasteiger partial charge < -0.3 is 9.30 Å². The quantitative estimate of drug-likeness (QED) is 0.357. The molecule has 4 heterocycles. The highest BCUT2D eigenvalue weighted by molar-refractivity contribution is 7.32. The van der Waals surface area contributed by atoms with Crippen LogP contribution >= 0.6 is 8.25 Å². The highest BCUT2D eigenvalue weighted by atomic mass is 31.1. The van der Waals surface area contributed by atoms with Crippen molar-refractivity contribution < 1.29 is 27.9 Å². The fourth-order valence-corrected chi connectivity index (χ4v) is 5.54. The Hall–Kier alpha value is -3.00. The second-order valence-electron chi connectivity index (χ2n) is 8.29. The van der Waals surface area contributed by atoms with Crippen LogP contribution in [0.3, 0.4) is 0 Å². The summed E-state index contributed by atoms with van der Waals surface area (Å²) in [5.74, 6) is -1.19. The first-order chi connectivity index (χ1) is 15.7. The predicted molar refractivity (Wildman–Crippen MR) is 117 cm³/mol. The molecular weight excluding hydrogens is 450 g/mol. The normalized spacial score (nSPS) is 19.2. The fourth-order valence-electron chi connectivity index (χ4n) is 4.97. The Balaban J connectivity index is 1.83. The van der Waals surface area contributed by atoms with E-state index in [1.165, 1.54) is 6.07 Å². The summed E-state index contributed by atoms with van der Waals surface area (Å²) < 4.78 is 37.8. The first-order valence-corrected chi connectivity index (χ1v) is 11.8. The molecule has 5 rings (SSSR count). The molecule has 2 aromatic heterocycles. The molecule has 2 aliphatic heterocycles. The van der Waals surface area contributed by atoms with Gasteiger partial charge in [-0.1, -0.05) is 18.4 Å². The molecule has 1 unspecified atom stereocenters. The van der Waals surface area contributed by atoms with Crippen LogP contribution in [0.5, 0.6) is 0 Å². The van der Waals surface area contributed by atoms with E-state index in [0.29, 0.717) is 28.9 Å². The van der Waals surface area contributed by atoms with Crippen LogP contribution < -0.4 is 5.56 Å². The minimum Gasteiger partial charge on any atom is -0.458 e. The smallest absolute Gasteiger partial charge is 0.458 e. The topological polar surface area (TPSA) is 108 Å². The minimum atomic E-state index is -3.15.